The lowest BCUT2D eigenvalue weighted by molar-refractivity contribution is -0.141. The molecule has 0 aromatic heterocycles. The summed E-state index contributed by atoms with van der Waals surface area (Å²) < 4.78 is 41.7. The van der Waals surface area contributed by atoms with Gasteiger partial charge in [-0.3, -0.25) is 4.79 Å². The SMILES string of the molecule is O=C(O)C1CCN(C(=O)Nc2ccc(OC(F)F)cc2F)C1. The zero-order valence-electron chi connectivity index (χ0n) is 11.3. The number of anilines is 1. The van der Waals surface area contributed by atoms with Crippen molar-refractivity contribution in [2.75, 3.05) is 18.4 Å². The molecular formula is C13H13F3N2O4. The smallest absolute Gasteiger partial charge is 0.387 e. The van der Waals surface area contributed by atoms with Crippen molar-refractivity contribution in [2.24, 2.45) is 5.92 Å². The second kappa shape index (κ2) is 6.54. The quantitative estimate of drug-likeness (QED) is 0.893. The Bertz CT molecular complexity index is 582. The molecule has 0 aliphatic carbocycles. The third-order valence-electron chi connectivity index (χ3n) is 3.23. The number of nitrogens with zero attached hydrogens (tertiary/aromatic N) is 1. The number of likely N-dealkylation sites (tertiary alicyclic amines) is 1. The summed E-state index contributed by atoms with van der Waals surface area (Å²) in [6.07, 6.45) is 0.326. The molecule has 1 atom stereocenters. The Kier molecular flexibility index (Phi) is 4.74. The highest BCUT2D eigenvalue weighted by Crippen LogP contribution is 2.23. The van der Waals surface area contributed by atoms with Gasteiger partial charge in [-0.25, -0.2) is 9.18 Å². The van der Waals surface area contributed by atoms with E-state index in [0.29, 0.717) is 6.42 Å². The van der Waals surface area contributed by atoms with Crippen molar-refractivity contribution >= 4 is 17.7 Å². The van der Waals surface area contributed by atoms with Crippen molar-refractivity contribution in [3.05, 3.63) is 24.0 Å². The van der Waals surface area contributed by atoms with Crippen LogP contribution in [0.5, 0.6) is 5.75 Å². The van der Waals surface area contributed by atoms with Gasteiger partial charge in [0.2, 0.25) is 0 Å². The van der Waals surface area contributed by atoms with Crippen LogP contribution in [0.1, 0.15) is 6.42 Å². The Morgan fingerprint density at radius 2 is 2.14 bits per heavy atom. The molecule has 2 N–H and O–H groups in total. The number of nitrogens with one attached hydrogen (secondary N) is 1. The largest absolute Gasteiger partial charge is 0.481 e. The first kappa shape index (κ1) is 15.9. The molecule has 1 aromatic rings. The van der Waals surface area contributed by atoms with Crippen molar-refractivity contribution in [2.45, 2.75) is 13.0 Å². The van der Waals surface area contributed by atoms with Gasteiger partial charge < -0.3 is 20.1 Å². The van der Waals surface area contributed by atoms with Gasteiger partial charge in [-0.05, 0) is 18.6 Å². The number of carboxylic acids is 1. The molecule has 6 nitrogen and oxygen atoms in total. The third-order valence-corrected chi connectivity index (χ3v) is 3.23. The van der Waals surface area contributed by atoms with E-state index in [-0.39, 0.29) is 24.5 Å². The first-order valence-corrected chi connectivity index (χ1v) is 6.40. The van der Waals surface area contributed by atoms with Crippen LogP contribution in [0.15, 0.2) is 18.2 Å². The Morgan fingerprint density at radius 3 is 2.68 bits per heavy atom. The molecule has 0 saturated carbocycles. The summed E-state index contributed by atoms with van der Waals surface area (Å²) in [5.74, 6) is -2.93. The molecule has 1 unspecified atom stereocenters. The highest BCUT2D eigenvalue weighted by Gasteiger charge is 2.31. The number of benzene rings is 1. The van der Waals surface area contributed by atoms with E-state index in [1.807, 2.05) is 0 Å². The average molecular weight is 318 g/mol. The van der Waals surface area contributed by atoms with E-state index in [0.717, 1.165) is 18.2 Å². The number of halogens is 3. The van der Waals surface area contributed by atoms with Crippen LogP contribution in [0.4, 0.5) is 23.7 Å². The molecule has 22 heavy (non-hydrogen) atoms. The number of hydrogen-bond acceptors (Lipinski definition) is 3. The van der Waals surface area contributed by atoms with Gasteiger partial charge in [0.15, 0.2) is 0 Å². The zero-order valence-corrected chi connectivity index (χ0v) is 11.3. The molecule has 1 heterocycles. The van der Waals surface area contributed by atoms with E-state index in [1.54, 1.807) is 0 Å². The lowest BCUT2D eigenvalue weighted by Crippen LogP contribution is -2.34. The minimum atomic E-state index is -3.07. The van der Waals surface area contributed by atoms with E-state index >= 15 is 0 Å². The van der Waals surface area contributed by atoms with E-state index in [2.05, 4.69) is 10.1 Å². The summed E-state index contributed by atoms with van der Waals surface area (Å²) in [4.78, 5) is 24.0. The van der Waals surface area contributed by atoms with E-state index in [9.17, 15) is 22.8 Å². The lowest BCUT2D eigenvalue weighted by atomic mass is 10.1. The molecule has 9 heteroatoms. The van der Waals surface area contributed by atoms with Crippen molar-refractivity contribution < 1.29 is 32.6 Å². The maximum Gasteiger partial charge on any atom is 0.387 e. The molecular weight excluding hydrogens is 305 g/mol. The number of carbonyl (C=O) groups excluding carboxylic acids is 1. The average Bonchev–Trinajstić information content (AvgIpc) is 2.91. The second-order valence-corrected chi connectivity index (χ2v) is 4.72. The number of carboxylic acid groups (broad SMARTS) is 1. The predicted octanol–water partition coefficient (Wildman–Crippen LogP) is 2.37. The Labute approximate surface area is 123 Å². The van der Waals surface area contributed by atoms with Gasteiger partial charge in [-0.15, -0.1) is 0 Å². The summed E-state index contributed by atoms with van der Waals surface area (Å²) in [5.41, 5.74) is -0.203. The van der Waals surface area contributed by atoms with Gasteiger partial charge in [0.05, 0.1) is 11.6 Å². The van der Waals surface area contributed by atoms with Crippen molar-refractivity contribution in [3.8, 4) is 5.75 Å². The topological polar surface area (TPSA) is 78.9 Å². The molecule has 120 valence electrons. The van der Waals surface area contributed by atoms with E-state index in [1.165, 1.54) is 4.90 Å². The van der Waals surface area contributed by atoms with Gasteiger partial charge in [0, 0.05) is 19.2 Å². The molecule has 1 saturated heterocycles. The Balaban J connectivity index is 1.99. The van der Waals surface area contributed by atoms with E-state index in [4.69, 9.17) is 5.11 Å². The first-order valence-electron chi connectivity index (χ1n) is 6.40. The van der Waals surface area contributed by atoms with Crippen LogP contribution in [0.2, 0.25) is 0 Å². The van der Waals surface area contributed by atoms with Gasteiger partial charge in [-0.2, -0.15) is 8.78 Å². The Morgan fingerprint density at radius 1 is 1.41 bits per heavy atom. The highest BCUT2D eigenvalue weighted by atomic mass is 19.3. The van der Waals surface area contributed by atoms with E-state index < -0.39 is 30.3 Å². The predicted molar refractivity (Wildman–Crippen MR) is 69.4 cm³/mol. The Hall–Kier alpha value is -2.45. The number of ether oxygens (including phenoxy) is 1. The molecule has 0 bridgehead atoms. The van der Waals surface area contributed by atoms with Crippen LogP contribution in [0.25, 0.3) is 0 Å². The molecule has 1 aromatic carbocycles. The van der Waals surface area contributed by atoms with Crippen LogP contribution in [-0.2, 0) is 4.79 Å². The number of alkyl halides is 2. The molecule has 0 radical (unpaired) electrons. The maximum absolute atomic E-state index is 13.7. The lowest BCUT2D eigenvalue weighted by Gasteiger charge is -2.17. The van der Waals surface area contributed by atoms with Crippen molar-refractivity contribution in [1.82, 2.24) is 4.90 Å². The molecule has 1 aliphatic heterocycles. The van der Waals surface area contributed by atoms with Crippen LogP contribution >= 0.6 is 0 Å². The maximum atomic E-state index is 13.7. The molecule has 1 fully saturated rings. The van der Waals surface area contributed by atoms with Crippen LogP contribution in [-0.4, -0.2) is 41.7 Å². The highest BCUT2D eigenvalue weighted by molar-refractivity contribution is 5.90. The van der Waals surface area contributed by atoms with Gasteiger partial charge in [0.1, 0.15) is 11.6 Å². The summed E-state index contributed by atoms with van der Waals surface area (Å²) >= 11 is 0. The monoisotopic (exact) mass is 318 g/mol. The zero-order chi connectivity index (χ0) is 16.3. The summed E-state index contributed by atoms with van der Waals surface area (Å²) in [6, 6.07) is 2.27. The molecule has 2 amide bonds. The number of rotatable bonds is 4. The fourth-order valence-electron chi connectivity index (χ4n) is 2.11. The fourth-order valence-corrected chi connectivity index (χ4v) is 2.11. The number of carbonyl (C=O) groups is 2. The van der Waals surface area contributed by atoms with Gasteiger partial charge in [0.25, 0.3) is 0 Å². The van der Waals surface area contributed by atoms with Gasteiger partial charge in [-0.1, -0.05) is 0 Å². The van der Waals surface area contributed by atoms with Crippen LogP contribution < -0.4 is 10.1 Å². The second-order valence-electron chi connectivity index (χ2n) is 4.72. The van der Waals surface area contributed by atoms with Crippen LogP contribution in [0.3, 0.4) is 0 Å². The van der Waals surface area contributed by atoms with Crippen LogP contribution in [0, 0.1) is 11.7 Å². The molecule has 1 aliphatic rings. The fraction of sp³-hybridized carbons (Fsp3) is 0.385. The minimum absolute atomic E-state index is 0.0371. The molecule has 0 spiro atoms. The standard InChI is InChI=1S/C13H13F3N2O4/c14-9-5-8(22-12(15)16)1-2-10(9)17-13(21)18-4-3-7(6-18)11(19)20/h1-2,5,7,12H,3-4,6H2,(H,17,21)(H,19,20). The molecule has 2 rings (SSSR count). The first-order chi connectivity index (χ1) is 10.4. The van der Waals surface area contributed by atoms with Crippen molar-refractivity contribution in [1.29, 1.82) is 0 Å². The third kappa shape index (κ3) is 3.80. The summed E-state index contributed by atoms with van der Waals surface area (Å²) in [6.45, 7) is -2.79. The summed E-state index contributed by atoms with van der Waals surface area (Å²) in [5, 5.41) is 11.1. The normalized spacial score (nSPS) is 17.6. The van der Waals surface area contributed by atoms with Crippen molar-refractivity contribution in [3.63, 3.8) is 0 Å². The number of amides is 2. The number of aliphatic carboxylic acids is 1. The minimum Gasteiger partial charge on any atom is -0.481 e. The van der Waals surface area contributed by atoms with Gasteiger partial charge >= 0.3 is 18.6 Å². The number of urea groups is 1. The number of hydrogen-bond donors (Lipinski definition) is 2. The summed E-state index contributed by atoms with van der Waals surface area (Å²) in [7, 11) is 0.